The first kappa shape index (κ1) is 21.5. The maximum atomic E-state index is 13.2. The predicted octanol–water partition coefficient (Wildman–Crippen LogP) is 4.32. The summed E-state index contributed by atoms with van der Waals surface area (Å²) in [6.45, 7) is 3.64. The second-order valence-corrected chi connectivity index (χ2v) is 9.07. The molecule has 0 aliphatic heterocycles. The number of anilines is 2. The summed E-state index contributed by atoms with van der Waals surface area (Å²) in [6.07, 6.45) is 1.88. The number of fused-ring (bicyclic) bond motifs is 1. The second kappa shape index (κ2) is 8.64. The van der Waals surface area contributed by atoms with Crippen LogP contribution >= 0.6 is 15.9 Å². The number of alkyl halides is 1. The maximum absolute atomic E-state index is 13.2. The number of hydrogen-bond donors (Lipinski definition) is 1. The smallest absolute Gasteiger partial charge is 0.241 e. The fourth-order valence-corrected chi connectivity index (χ4v) is 4.31. The highest BCUT2D eigenvalue weighted by Gasteiger charge is 2.26. The number of amides is 1. The second-order valence-electron chi connectivity index (χ2n) is 6.75. The molecule has 3 rings (SSSR count). The van der Waals surface area contributed by atoms with Crippen LogP contribution in [0.15, 0.2) is 45.8 Å². The molecule has 9 heteroatoms. The number of carbonyl (C=O) groups excluding carboxylic acids is 1. The lowest BCUT2D eigenvalue weighted by Crippen LogP contribution is -2.26. The van der Waals surface area contributed by atoms with E-state index < -0.39 is 10.0 Å². The number of hydrogen-bond acceptors (Lipinski definition) is 5. The highest BCUT2D eigenvalue weighted by Crippen LogP contribution is 2.37. The van der Waals surface area contributed by atoms with Gasteiger partial charge in [-0.05, 0) is 38.8 Å². The summed E-state index contributed by atoms with van der Waals surface area (Å²) < 4.78 is 29.5. The van der Waals surface area contributed by atoms with Crippen LogP contribution in [0.4, 0.5) is 11.6 Å². The van der Waals surface area contributed by atoms with Crippen molar-refractivity contribution in [2.75, 3.05) is 10.2 Å². The van der Waals surface area contributed by atoms with Gasteiger partial charge < -0.3 is 4.52 Å². The molecule has 1 heterocycles. The Morgan fingerprint density at radius 2 is 1.83 bits per heavy atom. The minimum Gasteiger partial charge on any atom is -0.337 e. The lowest BCUT2D eigenvalue weighted by atomic mass is 10.1. The molecule has 0 radical (unpaired) electrons. The Balaban J connectivity index is 2.22. The number of carbonyl (C=O) groups is 1. The van der Waals surface area contributed by atoms with E-state index in [0.29, 0.717) is 40.9 Å². The number of benzene rings is 2. The van der Waals surface area contributed by atoms with Gasteiger partial charge in [-0.2, -0.15) is 0 Å². The molecule has 0 spiro atoms. The van der Waals surface area contributed by atoms with Crippen molar-refractivity contribution in [1.29, 1.82) is 0 Å². The quantitative estimate of drug-likeness (QED) is 0.400. The molecule has 0 fully saturated rings. The van der Waals surface area contributed by atoms with Gasteiger partial charge in [-0.3, -0.25) is 4.79 Å². The van der Waals surface area contributed by atoms with Crippen LogP contribution in [0.2, 0.25) is 0 Å². The molecule has 0 aliphatic carbocycles. The van der Waals surface area contributed by atoms with Gasteiger partial charge in [0.25, 0.3) is 0 Å². The molecule has 0 bridgehead atoms. The summed E-state index contributed by atoms with van der Waals surface area (Å²) in [4.78, 5) is 14.7. The third-order valence-corrected chi connectivity index (χ3v) is 6.30. The monoisotopic (exact) mass is 479 g/mol. The molecule has 1 amide bonds. The molecular weight excluding hydrogens is 458 g/mol. The molecular formula is C20H22BrN3O4S. The fourth-order valence-electron chi connectivity index (χ4n) is 3.16. The first-order valence-electron chi connectivity index (χ1n) is 9.12. The Morgan fingerprint density at radius 1 is 1.14 bits per heavy atom. The summed E-state index contributed by atoms with van der Waals surface area (Å²) in [6, 6.07) is 9.95. The first-order chi connectivity index (χ1) is 13.8. The zero-order chi connectivity index (χ0) is 21.2. The third-order valence-electron chi connectivity index (χ3n) is 4.77. The normalized spacial score (nSPS) is 11.7. The van der Waals surface area contributed by atoms with Crippen molar-refractivity contribution in [3.8, 4) is 0 Å². The minimum absolute atomic E-state index is 0.00834. The number of aryl methyl sites for hydroxylation is 1. The van der Waals surface area contributed by atoms with Crippen LogP contribution < -0.4 is 10.0 Å². The zero-order valence-corrected chi connectivity index (χ0v) is 18.6. The number of nitrogens with zero attached hydrogens (tertiary/aromatic N) is 2. The van der Waals surface area contributed by atoms with Crippen molar-refractivity contribution < 1.29 is 17.7 Å². The molecule has 7 nitrogen and oxygen atoms in total. The lowest BCUT2D eigenvalue weighted by Gasteiger charge is -2.22. The van der Waals surface area contributed by atoms with Gasteiger partial charge in [0.05, 0.1) is 16.3 Å². The van der Waals surface area contributed by atoms with E-state index in [9.17, 15) is 13.2 Å². The molecule has 2 aromatic carbocycles. The van der Waals surface area contributed by atoms with Crippen molar-refractivity contribution in [3.63, 3.8) is 0 Å². The Morgan fingerprint density at radius 3 is 2.45 bits per heavy atom. The molecule has 0 saturated heterocycles. The van der Waals surface area contributed by atoms with Gasteiger partial charge in [-0.25, -0.2) is 18.5 Å². The summed E-state index contributed by atoms with van der Waals surface area (Å²) in [5.74, 6) is 0.179. The molecule has 3 aromatic rings. The van der Waals surface area contributed by atoms with E-state index in [-0.39, 0.29) is 10.8 Å². The van der Waals surface area contributed by atoms with Crippen molar-refractivity contribution >= 4 is 54.2 Å². The number of primary sulfonamides is 1. The van der Waals surface area contributed by atoms with E-state index in [4.69, 9.17) is 9.66 Å². The highest BCUT2D eigenvalue weighted by atomic mass is 79.9. The number of aromatic nitrogens is 1. The summed E-state index contributed by atoms with van der Waals surface area (Å²) in [5.41, 5.74) is 1.96. The van der Waals surface area contributed by atoms with E-state index in [0.717, 1.165) is 17.3 Å². The van der Waals surface area contributed by atoms with Gasteiger partial charge in [0, 0.05) is 28.1 Å². The van der Waals surface area contributed by atoms with E-state index in [1.54, 1.807) is 37.3 Å². The van der Waals surface area contributed by atoms with E-state index in [1.165, 1.54) is 11.0 Å². The molecule has 0 atom stereocenters. The average Bonchev–Trinajstić information content (AvgIpc) is 3.00. The van der Waals surface area contributed by atoms with Crippen LogP contribution in [0.3, 0.4) is 0 Å². The lowest BCUT2D eigenvalue weighted by molar-refractivity contribution is -0.118. The molecule has 0 aliphatic rings. The van der Waals surface area contributed by atoms with Crippen molar-refractivity contribution in [2.24, 2.45) is 5.14 Å². The number of rotatable bonds is 7. The largest absolute Gasteiger partial charge is 0.337 e. The van der Waals surface area contributed by atoms with Crippen LogP contribution in [-0.4, -0.2) is 24.8 Å². The van der Waals surface area contributed by atoms with Crippen LogP contribution in [0, 0.1) is 13.8 Å². The van der Waals surface area contributed by atoms with E-state index in [1.807, 2.05) is 6.92 Å². The third kappa shape index (κ3) is 4.36. The number of nitrogens with two attached hydrogens (primary N) is 1. The van der Waals surface area contributed by atoms with Crippen molar-refractivity contribution in [3.05, 3.63) is 47.7 Å². The Labute approximate surface area is 178 Å². The van der Waals surface area contributed by atoms with Gasteiger partial charge in [-0.15, -0.1) is 0 Å². The van der Waals surface area contributed by atoms with Crippen LogP contribution in [0.5, 0.6) is 0 Å². The van der Waals surface area contributed by atoms with Crippen molar-refractivity contribution in [1.82, 2.24) is 5.16 Å². The first-order valence-corrected chi connectivity index (χ1v) is 11.8. The maximum Gasteiger partial charge on any atom is 0.241 e. The summed E-state index contributed by atoms with van der Waals surface area (Å²) in [7, 11) is -3.92. The minimum atomic E-state index is -3.92. The molecule has 2 N–H and O–H groups in total. The SMILES string of the molecule is Cc1noc(N(C(=O)CCCCBr)c2cccc3c(S(N)(=O)=O)cccc23)c1C. The fraction of sp³-hybridized carbons (Fsp3) is 0.300. The standard InChI is InChI=1S/C20H22BrN3O4S/c1-13-14(2)23-28-20(13)24(19(25)11-3-4-12-21)17-9-5-8-16-15(17)7-6-10-18(16)29(22,26)27/h5-10H,3-4,11-12H2,1-2H3,(H2,22,26,27). The average molecular weight is 480 g/mol. The van der Waals surface area contributed by atoms with Crippen LogP contribution in [0.1, 0.15) is 30.5 Å². The molecule has 1 aromatic heterocycles. The summed E-state index contributed by atoms with van der Waals surface area (Å²) in [5, 5.41) is 11.2. The highest BCUT2D eigenvalue weighted by molar-refractivity contribution is 9.09. The van der Waals surface area contributed by atoms with E-state index in [2.05, 4.69) is 21.1 Å². The number of unbranched alkanes of at least 4 members (excludes halogenated alkanes) is 1. The number of sulfonamides is 1. The predicted molar refractivity (Wildman–Crippen MR) is 116 cm³/mol. The Bertz CT molecular complexity index is 1160. The van der Waals surface area contributed by atoms with Gasteiger partial charge in [-0.1, -0.05) is 45.4 Å². The topological polar surface area (TPSA) is 106 Å². The van der Waals surface area contributed by atoms with Crippen molar-refractivity contribution in [2.45, 2.75) is 38.0 Å². The molecule has 154 valence electrons. The van der Waals surface area contributed by atoms with Gasteiger partial charge in [0.15, 0.2) is 0 Å². The molecule has 0 saturated carbocycles. The Hall–Kier alpha value is -2.23. The van der Waals surface area contributed by atoms with Crippen LogP contribution in [-0.2, 0) is 14.8 Å². The van der Waals surface area contributed by atoms with E-state index >= 15 is 0 Å². The summed E-state index contributed by atoms with van der Waals surface area (Å²) >= 11 is 3.38. The van der Waals surface area contributed by atoms with Gasteiger partial charge >= 0.3 is 0 Å². The van der Waals surface area contributed by atoms with Crippen LogP contribution in [0.25, 0.3) is 10.8 Å². The Kier molecular flexibility index (Phi) is 6.40. The molecule has 29 heavy (non-hydrogen) atoms. The molecule has 0 unspecified atom stereocenters. The van der Waals surface area contributed by atoms with Gasteiger partial charge in [0.1, 0.15) is 0 Å². The number of halogens is 1. The zero-order valence-electron chi connectivity index (χ0n) is 16.2. The van der Waals surface area contributed by atoms with Gasteiger partial charge in [0.2, 0.25) is 21.8 Å².